The van der Waals surface area contributed by atoms with Crippen LogP contribution in [-0.2, 0) is 15.1 Å². The molecular weight excluding hydrogens is 386 g/mol. The van der Waals surface area contributed by atoms with E-state index >= 15 is 0 Å². The number of nitrogens with one attached hydrogen (secondary N) is 2. The van der Waals surface area contributed by atoms with Gasteiger partial charge in [0.15, 0.2) is 11.5 Å². The predicted octanol–water partition coefficient (Wildman–Crippen LogP) is 2.56. The summed E-state index contributed by atoms with van der Waals surface area (Å²) in [6.45, 7) is 4.30. The van der Waals surface area contributed by atoms with E-state index in [1.54, 1.807) is 37.3 Å². The van der Waals surface area contributed by atoms with Crippen LogP contribution in [0.3, 0.4) is 0 Å². The molecule has 0 aromatic heterocycles. The number of carbonyl (C=O) groups is 3. The number of fused-ring (bicyclic) bond motifs is 1. The van der Waals surface area contributed by atoms with E-state index < -0.39 is 23.4 Å². The fourth-order valence-corrected chi connectivity index (χ4v) is 3.51. The van der Waals surface area contributed by atoms with Crippen LogP contribution in [-0.4, -0.2) is 42.5 Å². The van der Waals surface area contributed by atoms with Crippen molar-refractivity contribution in [3.05, 3.63) is 53.6 Å². The quantitative estimate of drug-likeness (QED) is 0.757. The van der Waals surface area contributed by atoms with Gasteiger partial charge in [-0.15, -0.1) is 0 Å². The topological polar surface area (TPSA) is 97.0 Å². The Morgan fingerprint density at radius 3 is 2.53 bits per heavy atom. The molecule has 2 aromatic rings. The summed E-state index contributed by atoms with van der Waals surface area (Å²) < 4.78 is 11.2. The predicted molar refractivity (Wildman–Crippen MR) is 109 cm³/mol. The molecule has 0 radical (unpaired) electrons. The van der Waals surface area contributed by atoms with Gasteiger partial charge in [-0.2, -0.15) is 0 Å². The van der Waals surface area contributed by atoms with Gasteiger partial charge in [0.1, 0.15) is 12.1 Å². The molecule has 2 aromatic carbocycles. The van der Waals surface area contributed by atoms with E-state index in [1.165, 1.54) is 0 Å². The molecule has 2 aliphatic heterocycles. The van der Waals surface area contributed by atoms with E-state index in [1.807, 2.05) is 19.1 Å². The zero-order valence-electron chi connectivity index (χ0n) is 16.9. The minimum Gasteiger partial charge on any atom is -0.490 e. The molecule has 4 amide bonds. The molecule has 2 heterocycles. The Bertz CT molecular complexity index is 1000. The monoisotopic (exact) mass is 409 g/mol. The number of hydrogen-bond donors (Lipinski definition) is 2. The molecular formula is C22H23N3O5. The van der Waals surface area contributed by atoms with Crippen LogP contribution in [0.15, 0.2) is 42.5 Å². The smallest absolute Gasteiger partial charge is 0.325 e. The van der Waals surface area contributed by atoms with Gasteiger partial charge < -0.3 is 20.1 Å². The van der Waals surface area contributed by atoms with Gasteiger partial charge in [-0.05, 0) is 31.5 Å². The molecule has 0 bridgehead atoms. The Kier molecular flexibility index (Phi) is 5.07. The summed E-state index contributed by atoms with van der Waals surface area (Å²) in [5, 5.41) is 5.41. The highest BCUT2D eigenvalue weighted by Gasteiger charge is 2.49. The van der Waals surface area contributed by atoms with Gasteiger partial charge in [0.2, 0.25) is 5.91 Å². The first-order chi connectivity index (χ1) is 14.4. The lowest BCUT2D eigenvalue weighted by Crippen LogP contribution is -2.42. The first-order valence-corrected chi connectivity index (χ1v) is 9.77. The average Bonchev–Trinajstić information content (AvgIpc) is 2.88. The van der Waals surface area contributed by atoms with Crippen molar-refractivity contribution in [3.8, 4) is 11.5 Å². The summed E-state index contributed by atoms with van der Waals surface area (Å²) in [6, 6.07) is 11.8. The van der Waals surface area contributed by atoms with E-state index in [2.05, 4.69) is 10.6 Å². The number of rotatable bonds is 4. The second-order valence-electron chi connectivity index (χ2n) is 7.57. The van der Waals surface area contributed by atoms with E-state index in [9.17, 15) is 14.4 Å². The Hall–Kier alpha value is -3.55. The number of amides is 4. The van der Waals surface area contributed by atoms with Gasteiger partial charge in [-0.1, -0.05) is 29.8 Å². The average molecular weight is 409 g/mol. The number of benzene rings is 2. The Balaban J connectivity index is 1.46. The van der Waals surface area contributed by atoms with Crippen LogP contribution in [0.2, 0.25) is 0 Å². The number of ether oxygens (including phenoxy) is 2. The summed E-state index contributed by atoms with van der Waals surface area (Å²) >= 11 is 0. The van der Waals surface area contributed by atoms with Crippen molar-refractivity contribution >= 4 is 23.5 Å². The molecule has 2 aliphatic rings. The molecule has 2 N–H and O–H groups in total. The molecule has 30 heavy (non-hydrogen) atoms. The summed E-state index contributed by atoms with van der Waals surface area (Å²) in [5.41, 5.74) is 1.00. The molecule has 1 fully saturated rings. The third-order valence-corrected chi connectivity index (χ3v) is 5.24. The van der Waals surface area contributed by atoms with Crippen LogP contribution < -0.4 is 20.1 Å². The molecule has 1 atom stereocenters. The van der Waals surface area contributed by atoms with Gasteiger partial charge in [-0.25, -0.2) is 4.79 Å². The third kappa shape index (κ3) is 3.68. The van der Waals surface area contributed by atoms with Crippen LogP contribution in [0.5, 0.6) is 11.5 Å². The van der Waals surface area contributed by atoms with Crippen LogP contribution >= 0.6 is 0 Å². The van der Waals surface area contributed by atoms with Crippen molar-refractivity contribution in [2.75, 3.05) is 25.1 Å². The van der Waals surface area contributed by atoms with E-state index in [0.29, 0.717) is 36.0 Å². The normalized spacial score (nSPS) is 20.5. The molecule has 4 rings (SSSR count). The second-order valence-corrected chi connectivity index (χ2v) is 7.57. The molecule has 0 unspecified atom stereocenters. The largest absolute Gasteiger partial charge is 0.490 e. The first-order valence-electron chi connectivity index (χ1n) is 9.77. The standard InChI is InChI=1S/C22H23N3O5/c1-14-4-6-15(7-5-14)22(2)20(27)25(21(28)24-22)13-19(26)23-16-8-9-17-18(12-16)30-11-3-10-29-17/h4-9,12H,3,10-11,13H2,1-2H3,(H,23,26)(H,24,28)/t22-/m0/s1. The number of carbonyl (C=O) groups excluding carboxylic acids is 3. The first kappa shape index (κ1) is 19.8. The van der Waals surface area contributed by atoms with Crippen molar-refractivity contribution in [2.24, 2.45) is 0 Å². The van der Waals surface area contributed by atoms with E-state index in [-0.39, 0.29) is 6.54 Å². The summed E-state index contributed by atoms with van der Waals surface area (Å²) in [4.78, 5) is 38.9. The lowest BCUT2D eigenvalue weighted by atomic mass is 9.91. The van der Waals surface area contributed by atoms with Crippen molar-refractivity contribution < 1.29 is 23.9 Å². The number of urea groups is 1. The van der Waals surface area contributed by atoms with Crippen LogP contribution in [0, 0.1) is 6.92 Å². The molecule has 8 heteroatoms. The fraction of sp³-hybridized carbons (Fsp3) is 0.318. The number of hydrogen-bond acceptors (Lipinski definition) is 5. The molecule has 156 valence electrons. The van der Waals surface area contributed by atoms with Gasteiger partial charge in [0.25, 0.3) is 5.91 Å². The maximum Gasteiger partial charge on any atom is 0.325 e. The van der Waals surface area contributed by atoms with Crippen molar-refractivity contribution in [1.82, 2.24) is 10.2 Å². The maximum absolute atomic E-state index is 13.0. The Labute approximate surface area is 174 Å². The Morgan fingerprint density at radius 1 is 1.10 bits per heavy atom. The van der Waals surface area contributed by atoms with Crippen LogP contribution in [0.1, 0.15) is 24.5 Å². The number of nitrogens with zero attached hydrogens (tertiary/aromatic N) is 1. The molecule has 8 nitrogen and oxygen atoms in total. The molecule has 0 aliphatic carbocycles. The maximum atomic E-state index is 13.0. The summed E-state index contributed by atoms with van der Waals surface area (Å²) in [6.07, 6.45) is 0.780. The van der Waals surface area contributed by atoms with Crippen LogP contribution in [0.4, 0.5) is 10.5 Å². The summed E-state index contributed by atoms with van der Waals surface area (Å²) in [5.74, 6) is 0.215. The Morgan fingerprint density at radius 2 is 1.80 bits per heavy atom. The van der Waals surface area contributed by atoms with E-state index in [4.69, 9.17) is 9.47 Å². The van der Waals surface area contributed by atoms with Crippen molar-refractivity contribution in [2.45, 2.75) is 25.8 Å². The summed E-state index contributed by atoms with van der Waals surface area (Å²) in [7, 11) is 0. The highest BCUT2D eigenvalue weighted by molar-refractivity contribution is 6.10. The molecule has 0 spiro atoms. The lowest BCUT2D eigenvalue weighted by Gasteiger charge is -2.22. The van der Waals surface area contributed by atoms with E-state index in [0.717, 1.165) is 16.9 Å². The second kappa shape index (κ2) is 7.70. The fourth-order valence-electron chi connectivity index (χ4n) is 3.51. The van der Waals surface area contributed by atoms with Crippen LogP contribution in [0.25, 0.3) is 0 Å². The lowest BCUT2D eigenvalue weighted by molar-refractivity contribution is -0.133. The number of anilines is 1. The van der Waals surface area contributed by atoms with Gasteiger partial charge >= 0.3 is 6.03 Å². The molecule has 1 saturated heterocycles. The number of imide groups is 1. The van der Waals surface area contributed by atoms with Gasteiger partial charge in [0, 0.05) is 18.2 Å². The minimum atomic E-state index is -1.21. The highest BCUT2D eigenvalue weighted by Crippen LogP contribution is 2.32. The zero-order chi connectivity index (χ0) is 21.3. The minimum absolute atomic E-state index is 0.388. The van der Waals surface area contributed by atoms with Gasteiger partial charge in [0.05, 0.1) is 13.2 Å². The van der Waals surface area contributed by atoms with Crippen molar-refractivity contribution in [3.63, 3.8) is 0 Å². The SMILES string of the molecule is Cc1ccc([C@]2(C)NC(=O)N(CC(=O)Nc3ccc4c(c3)OCCCO4)C2=O)cc1. The third-order valence-electron chi connectivity index (χ3n) is 5.24. The highest BCUT2D eigenvalue weighted by atomic mass is 16.5. The molecule has 0 saturated carbocycles. The number of aryl methyl sites for hydroxylation is 1. The van der Waals surface area contributed by atoms with Crippen molar-refractivity contribution in [1.29, 1.82) is 0 Å². The zero-order valence-corrected chi connectivity index (χ0v) is 16.9. The van der Waals surface area contributed by atoms with Gasteiger partial charge in [-0.3, -0.25) is 14.5 Å².